The Morgan fingerprint density at radius 1 is 1.46 bits per heavy atom. The maximum Gasteiger partial charge on any atom is 0.260 e. The first-order valence-corrected chi connectivity index (χ1v) is 3.56. The lowest BCUT2D eigenvalue weighted by molar-refractivity contribution is -0.128. The molecule has 70 valence electrons. The van der Waals surface area contributed by atoms with E-state index in [2.05, 4.69) is 20.9 Å². The molecule has 0 radical (unpaired) electrons. The van der Waals surface area contributed by atoms with Crippen LogP contribution in [0.1, 0.15) is 6.92 Å². The summed E-state index contributed by atoms with van der Waals surface area (Å²) in [6, 6.07) is 0. The molecule has 0 saturated heterocycles. The van der Waals surface area contributed by atoms with E-state index in [4.69, 9.17) is 0 Å². The van der Waals surface area contributed by atoms with Crippen LogP contribution in [0.5, 0.6) is 0 Å². The number of hydrazine groups is 1. The fraction of sp³-hybridized carbons (Fsp3) is 0.333. The summed E-state index contributed by atoms with van der Waals surface area (Å²) in [6.07, 6.45) is 2.74. The predicted octanol–water partition coefficient (Wildman–Crippen LogP) is -1.55. The maximum atomic E-state index is 11.0. The highest BCUT2D eigenvalue weighted by Crippen LogP contribution is 1.78. The summed E-state index contributed by atoms with van der Waals surface area (Å²) in [7, 11) is 0. The molecule has 0 fully saturated rings. The van der Waals surface area contributed by atoms with E-state index in [9.17, 15) is 9.59 Å². The molecular weight excluding hydrogens is 174 g/mol. The summed E-state index contributed by atoms with van der Waals surface area (Å²) in [6.45, 7) is 1.33. The lowest BCUT2D eigenvalue weighted by Crippen LogP contribution is -2.42. The van der Waals surface area contributed by atoms with Gasteiger partial charge in [0.05, 0.1) is 0 Å². The average Bonchev–Trinajstić information content (AvgIpc) is 2.53. The lowest BCUT2D eigenvalue weighted by atomic mass is 10.6. The van der Waals surface area contributed by atoms with Crippen molar-refractivity contribution in [2.75, 3.05) is 0 Å². The number of hydrogen-bond donors (Lipinski definition) is 2. The van der Waals surface area contributed by atoms with Gasteiger partial charge in [0.25, 0.3) is 5.91 Å². The van der Waals surface area contributed by atoms with Crippen molar-refractivity contribution in [2.45, 2.75) is 13.5 Å². The van der Waals surface area contributed by atoms with Crippen LogP contribution in [0.25, 0.3) is 0 Å². The summed E-state index contributed by atoms with van der Waals surface area (Å²) in [4.78, 5) is 25.0. The molecule has 0 aromatic carbocycles. The second kappa shape index (κ2) is 4.19. The van der Waals surface area contributed by atoms with Crippen LogP contribution in [0, 0.1) is 0 Å². The van der Waals surface area contributed by atoms with Crippen molar-refractivity contribution < 1.29 is 9.59 Å². The molecule has 1 rings (SSSR count). The van der Waals surface area contributed by atoms with Gasteiger partial charge in [0.15, 0.2) is 0 Å². The topological polar surface area (TPSA) is 88.9 Å². The van der Waals surface area contributed by atoms with Gasteiger partial charge in [-0.1, -0.05) is 0 Å². The number of nitrogens with one attached hydrogen (secondary N) is 2. The molecule has 1 aromatic heterocycles. The Labute approximate surface area is 74.1 Å². The minimum absolute atomic E-state index is 0.0281. The molecule has 13 heavy (non-hydrogen) atoms. The van der Waals surface area contributed by atoms with E-state index >= 15 is 0 Å². The van der Waals surface area contributed by atoms with Gasteiger partial charge >= 0.3 is 0 Å². The number of rotatable bonds is 2. The van der Waals surface area contributed by atoms with Crippen LogP contribution < -0.4 is 10.9 Å². The van der Waals surface area contributed by atoms with Crippen LogP contribution in [-0.4, -0.2) is 26.6 Å². The number of amides is 2. The fourth-order valence-electron chi connectivity index (χ4n) is 0.659. The third-order valence-electron chi connectivity index (χ3n) is 1.15. The zero-order valence-corrected chi connectivity index (χ0v) is 7.02. The van der Waals surface area contributed by atoms with Crippen molar-refractivity contribution >= 4 is 11.8 Å². The summed E-state index contributed by atoms with van der Waals surface area (Å²) in [5, 5.41) is 3.72. The molecule has 0 bridgehead atoms. The zero-order chi connectivity index (χ0) is 9.68. The van der Waals surface area contributed by atoms with E-state index < -0.39 is 0 Å². The highest BCUT2D eigenvalue weighted by Gasteiger charge is 2.02. The van der Waals surface area contributed by atoms with Crippen molar-refractivity contribution in [3.63, 3.8) is 0 Å². The number of carbonyl (C=O) groups excluding carboxylic acids is 2. The average molecular weight is 183 g/mol. The monoisotopic (exact) mass is 183 g/mol. The summed E-state index contributed by atoms with van der Waals surface area (Å²) in [5.41, 5.74) is 4.35. The molecule has 0 aliphatic carbocycles. The quantitative estimate of drug-likeness (QED) is 0.543. The molecule has 7 heteroatoms. The van der Waals surface area contributed by atoms with Gasteiger partial charge in [-0.3, -0.25) is 20.4 Å². The third kappa shape index (κ3) is 3.32. The van der Waals surface area contributed by atoms with Gasteiger partial charge in [-0.2, -0.15) is 5.10 Å². The predicted molar refractivity (Wildman–Crippen MR) is 42.0 cm³/mol. The van der Waals surface area contributed by atoms with Crippen LogP contribution in [0.3, 0.4) is 0 Å². The first-order valence-electron chi connectivity index (χ1n) is 3.56. The van der Waals surface area contributed by atoms with Crippen molar-refractivity contribution in [1.29, 1.82) is 0 Å². The zero-order valence-electron chi connectivity index (χ0n) is 7.02. The van der Waals surface area contributed by atoms with E-state index in [1.54, 1.807) is 0 Å². The molecular formula is C6H9N5O2. The van der Waals surface area contributed by atoms with Crippen molar-refractivity contribution in [3.05, 3.63) is 12.7 Å². The van der Waals surface area contributed by atoms with Crippen molar-refractivity contribution in [1.82, 2.24) is 25.6 Å². The first-order chi connectivity index (χ1) is 6.18. The fourth-order valence-corrected chi connectivity index (χ4v) is 0.659. The van der Waals surface area contributed by atoms with E-state index in [-0.39, 0.29) is 18.4 Å². The molecule has 0 aliphatic heterocycles. The molecule has 1 aromatic rings. The molecule has 0 aliphatic rings. The Morgan fingerprint density at radius 3 is 2.77 bits per heavy atom. The Bertz CT molecular complexity index is 294. The van der Waals surface area contributed by atoms with Gasteiger partial charge in [0.2, 0.25) is 5.91 Å². The van der Waals surface area contributed by atoms with Gasteiger partial charge in [0, 0.05) is 6.92 Å². The summed E-state index contributed by atoms with van der Waals surface area (Å²) >= 11 is 0. The first kappa shape index (κ1) is 9.17. The Hall–Kier alpha value is -1.92. The van der Waals surface area contributed by atoms with Crippen LogP contribution in [0.15, 0.2) is 12.7 Å². The van der Waals surface area contributed by atoms with Gasteiger partial charge in [-0.15, -0.1) is 0 Å². The number of nitrogens with zero attached hydrogens (tertiary/aromatic N) is 3. The SMILES string of the molecule is CC(=O)NNC(=O)Cn1cncn1. The third-order valence-corrected chi connectivity index (χ3v) is 1.15. The second-order valence-electron chi connectivity index (χ2n) is 2.32. The van der Waals surface area contributed by atoms with Gasteiger partial charge in [0.1, 0.15) is 19.2 Å². The second-order valence-corrected chi connectivity index (χ2v) is 2.32. The molecule has 7 nitrogen and oxygen atoms in total. The van der Waals surface area contributed by atoms with Crippen LogP contribution in [0.4, 0.5) is 0 Å². The molecule has 1 heterocycles. The van der Waals surface area contributed by atoms with E-state index in [0.29, 0.717) is 0 Å². The number of hydrogen-bond acceptors (Lipinski definition) is 4. The number of aromatic nitrogens is 3. The van der Waals surface area contributed by atoms with Gasteiger partial charge in [-0.05, 0) is 0 Å². The summed E-state index contributed by atoms with van der Waals surface area (Å²) in [5.74, 6) is -0.687. The molecule has 0 unspecified atom stereocenters. The highest BCUT2D eigenvalue weighted by molar-refractivity contribution is 5.80. The van der Waals surface area contributed by atoms with E-state index in [1.807, 2.05) is 0 Å². The van der Waals surface area contributed by atoms with Crippen molar-refractivity contribution in [3.8, 4) is 0 Å². The minimum Gasteiger partial charge on any atom is -0.274 e. The van der Waals surface area contributed by atoms with Gasteiger partial charge < -0.3 is 0 Å². The minimum atomic E-state index is -0.360. The van der Waals surface area contributed by atoms with Crippen molar-refractivity contribution in [2.24, 2.45) is 0 Å². The maximum absolute atomic E-state index is 11.0. The van der Waals surface area contributed by atoms with Gasteiger partial charge in [-0.25, -0.2) is 9.67 Å². The Balaban J connectivity index is 2.30. The Morgan fingerprint density at radius 2 is 2.23 bits per heavy atom. The molecule has 0 saturated carbocycles. The lowest BCUT2D eigenvalue weighted by Gasteiger charge is -2.03. The van der Waals surface area contributed by atoms with E-state index in [0.717, 1.165) is 0 Å². The highest BCUT2D eigenvalue weighted by atomic mass is 16.2. The van der Waals surface area contributed by atoms with E-state index in [1.165, 1.54) is 24.3 Å². The molecule has 0 atom stereocenters. The summed E-state index contributed by atoms with van der Waals surface area (Å²) < 4.78 is 1.34. The largest absolute Gasteiger partial charge is 0.274 e. The number of carbonyl (C=O) groups is 2. The Kier molecular flexibility index (Phi) is 2.96. The molecule has 2 amide bonds. The standard InChI is InChI=1S/C6H9N5O2/c1-5(12)9-10-6(13)2-11-4-7-3-8-11/h3-4H,2H2,1H3,(H,9,12)(H,10,13). The van der Waals surface area contributed by atoms with Crippen LogP contribution in [-0.2, 0) is 16.1 Å². The molecule has 0 spiro atoms. The van der Waals surface area contributed by atoms with Crippen LogP contribution in [0.2, 0.25) is 0 Å². The smallest absolute Gasteiger partial charge is 0.260 e. The normalized spacial score (nSPS) is 9.31. The molecule has 2 N–H and O–H groups in total. The van der Waals surface area contributed by atoms with Crippen LogP contribution >= 0.6 is 0 Å².